The molecular formula is C15H23NO3. The summed E-state index contributed by atoms with van der Waals surface area (Å²) in [4.78, 5) is 0. The van der Waals surface area contributed by atoms with Gasteiger partial charge in [-0.3, -0.25) is 0 Å². The molecule has 0 aromatic heterocycles. The van der Waals surface area contributed by atoms with Gasteiger partial charge in [-0.15, -0.1) is 0 Å². The lowest BCUT2D eigenvalue weighted by molar-refractivity contribution is 0.0244. The highest BCUT2D eigenvalue weighted by Gasteiger charge is 2.24. The van der Waals surface area contributed by atoms with Crippen molar-refractivity contribution in [1.29, 1.82) is 0 Å². The molecule has 1 aromatic rings. The van der Waals surface area contributed by atoms with Crippen LogP contribution in [0.2, 0.25) is 0 Å². The lowest BCUT2D eigenvalue weighted by Crippen LogP contribution is -2.30. The molecule has 2 N–H and O–H groups in total. The molecule has 1 aromatic carbocycles. The molecule has 0 bridgehead atoms. The predicted molar refractivity (Wildman–Crippen MR) is 74.7 cm³/mol. The van der Waals surface area contributed by atoms with Crippen LogP contribution >= 0.6 is 0 Å². The van der Waals surface area contributed by atoms with E-state index in [1.807, 2.05) is 32.0 Å². The summed E-state index contributed by atoms with van der Waals surface area (Å²) in [5.41, 5.74) is 6.68. The minimum atomic E-state index is -0.458. The summed E-state index contributed by atoms with van der Waals surface area (Å²) in [6, 6.07) is 5.88. The van der Waals surface area contributed by atoms with E-state index in [9.17, 15) is 0 Å². The van der Waals surface area contributed by atoms with Crippen LogP contribution < -0.4 is 15.2 Å². The Morgan fingerprint density at radius 3 is 2.53 bits per heavy atom. The molecule has 0 saturated carbocycles. The smallest absolute Gasteiger partial charge is 0.165 e. The zero-order valence-corrected chi connectivity index (χ0v) is 11.9. The van der Waals surface area contributed by atoms with E-state index in [1.165, 1.54) is 0 Å². The second-order valence-electron chi connectivity index (χ2n) is 5.49. The van der Waals surface area contributed by atoms with Gasteiger partial charge < -0.3 is 19.9 Å². The van der Waals surface area contributed by atoms with Gasteiger partial charge in [0.05, 0.1) is 20.3 Å². The van der Waals surface area contributed by atoms with E-state index < -0.39 is 5.54 Å². The normalized spacial score (nSPS) is 17.3. The lowest BCUT2D eigenvalue weighted by atomic mass is 9.94. The van der Waals surface area contributed by atoms with Crippen molar-refractivity contribution in [2.24, 2.45) is 5.73 Å². The summed E-state index contributed by atoms with van der Waals surface area (Å²) in [5.74, 6) is 1.51. The van der Waals surface area contributed by atoms with Gasteiger partial charge in [-0.1, -0.05) is 12.1 Å². The van der Waals surface area contributed by atoms with Gasteiger partial charge in [-0.2, -0.15) is 0 Å². The van der Waals surface area contributed by atoms with E-state index in [0.29, 0.717) is 0 Å². The molecule has 2 rings (SSSR count). The SMILES string of the molecule is COc1c(OC2CCOCC2)cccc1C(C)(C)N. The number of para-hydroxylation sites is 1. The molecule has 0 spiro atoms. The highest BCUT2D eigenvalue weighted by Crippen LogP contribution is 2.37. The number of benzene rings is 1. The monoisotopic (exact) mass is 265 g/mol. The van der Waals surface area contributed by atoms with Crippen LogP contribution in [-0.2, 0) is 10.3 Å². The molecule has 1 saturated heterocycles. The van der Waals surface area contributed by atoms with Gasteiger partial charge >= 0.3 is 0 Å². The van der Waals surface area contributed by atoms with E-state index >= 15 is 0 Å². The fourth-order valence-electron chi connectivity index (χ4n) is 2.30. The zero-order chi connectivity index (χ0) is 13.9. The van der Waals surface area contributed by atoms with Crippen LogP contribution in [0, 0.1) is 0 Å². The van der Waals surface area contributed by atoms with Crippen LogP contribution in [0.15, 0.2) is 18.2 Å². The Morgan fingerprint density at radius 1 is 1.26 bits per heavy atom. The van der Waals surface area contributed by atoms with Gasteiger partial charge in [0, 0.05) is 23.9 Å². The van der Waals surface area contributed by atoms with Crippen molar-refractivity contribution < 1.29 is 14.2 Å². The second kappa shape index (κ2) is 5.80. The summed E-state index contributed by atoms with van der Waals surface area (Å²) >= 11 is 0. The third-order valence-corrected chi connectivity index (χ3v) is 3.34. The molecule has 19 heavy (non-hydrogen) atoms. The first kappa shape index (κ1) is 14.2. The molecule has 1 aliphatic heterocycles. The van der Waals surface area contributed by atoms with Gasteiger partial charge in [0.1, 0.15) is 6.10 Å². The van der Waals surface area contributed by atoms with E-state index in [4.69, 9.17) is 19.9 Å². The van der Waals surface area contributed by atoms with E-state index in [2.05, 4.69) is 0 Å². The maximum Gasteiger partial charge on any atom is 0.165 e. The molecule has 4 nitrogen and oxygen atoms in total. The average molecular weight is 265 g/mol. The maximum atomic E-state index is 6.18. The first-order valence-corrected chi connectivity index (χ1v) is 6.73. The van der Waals surface area contributed by atoms with Crippen LogP contribution in [0.5, 0.6) is 11.5 Å². The van der Waals surface area contributed by atoms with Gasteiger partial charge in [0.2, 0.25) is 0 Å². The van der Waals surface area contributed by atoms with Gasteiger partial charge in [0.25, 0.3) is 0 Å². The number of ether oxygens (including phenoxy) is 3. The van der Waals surface area contributed by atoms with Crippen LogP contribution in [0.3, 0.4) is 0 Å². The van der Waals surface area contributed by atoms with Crippen molar-refractivity contribution in [3.63, 3.8) is 0 Å². The summed E-state index contributed by atoms with van der Waals surface area (Å²) in [5, 5.41) is 0. The van der Waals surface area contributed by atoms with Gasteiger partial charge in [-0.25, -0.2) is 0 Å². The zero-order valence-electron chi connectivity index (χ0n) is 11.9. The maximum absolute atomic E-state index is 6.18. The number of rotatable bonds is 4. The Morgan fingerprint density at radius 2 is 1.95 bits per heavy atom. The van der Waals surface area contributed by atoms with Gasteiger partial charge in [-0.05, 0) is 19.9 Å². The Labute approximate surface area is 114 Å². The lowest BCUT2D eigenvalue weighted by Gasteiger charge is -2.27. The van der Waals surface area contributed by atoms with Crippen LogP contribution in [0.4, 0.5) is 0 Å². The topological polar surface area (TPSA) is 53.7 Å². The number of methoxy groups -OCH3 is 1. The van der Waals surface area contributed by atoms with Gasteiger partial charge in [0.15, 0.2) is 11.5 Å². The van der Waals surface area contributed by atoms with E-state index in [1.54, 1.807) is 7.11 Å². The highest BCUT2D eigenvalue weighted by molar-refractivity contribution is 5.49. The van der Waals surface area contributed by atoms with E-state index in [-0.39, 0.29) is 6.10 Å². The summed E-state index contributed by atoms with van der Waals surface area (Å²) in [7, 11) is 1.65. The van der Waals surface area contributed by atoms with Crippen LogP contribution in [-0.4, -0.2) is 26.4 Å². The minimum absolute atomic E-state index is 0.193. The van der Waals surface area contributed by atoms with Crippen LogP contribution in [0.25, 0.3) is 0 Å². The van der Waals surface area contributed by atoms with Crippen molar-refractivity contribution in [1.82, 2.24) is 0 Å². The van der Waals surface area contributed by atoms with E-state index in [0.717, 1.165) is 43.1 Å². The number of hydrogen-bond acceptors (Lipinski definition) is 4. The number of hydrogen-bond donors (Lipinski definition) is 1. The molecule has 1 fully saturated rings. The molecule has 0 amide bonds. The molecule has 1 aliphatic rings. The summed E-state index contributed by atoms with van der Waals surface area (Å²) in [6.45, 7) is 5.44. The average Bonchev–Trinajstić information content (AvgIpc) is 2.38. The fraction of sp³-hybridized carbons (Fsp3) is 0.600. The minimum Gasteiger partial charge on any atom is -0.493 e. The fourth-order valence-corrected chi connectivity index (χ4v) is 2.30. The van der Waals surface area contributed by atoms with Crippen molar-refractivity contribution in [3.05, 3.63) is 23.8 Å². The van der Waals surface area contributed by atoms with Crippen molar-refractivity contribution in [2.75, 3.05) is 20.3 Å². The Balaban J connectivity index is 2.24. The molecule has 4 heteroatoms. The molecule has 0 radical (unpaired) electrons. The predicted octanol–water partition coefficient (Wildman–Crippen LogP) is 2.45. The third-order valence-electron chi connectivity index (χ3n) is 3.34. The number of nitrogens with two attached hydrogens (primary N) is 1. The largest absolute Gasteiger partial charge is 0.493 e. The standard InChI is InChI=1S/C15H23NO3/c1-15(2,16)12-5-4-6-13(14(12)17-3)19-11-7-9-18-10-8-11/h4-6,11H,7-10,16H2,1-3H3. The molecule has 0 atom stereocenters. The van der Waals surface area contributed by atoms with Crippen LogP contribution in [0.1, 0.15) is 32.3 Å². The third kappa shape index (κ3) is 3.39. The first-order valence-electron chi connectivity index (χ1n) is 6.73. The molecule has 0 unspecified atom stereocenters. The second-order valence-corrected chi connectivity index (χ2v) is 5.49. The Bertz CT molecular complexity index is 420. The molecule has 1 heterocycles. The van der Waals surface area contributed by atoms with Crippen molar-refractivity contribution >= 4 is 0 Å². The summed E-state index contributed by atoms with van der Waals surface area (Å²) in [6.07, 6.45) is 2.03. The molecular weight excluding hydrogens is 242 g/mol. The molecule has 0 aliphatic carbocycles. The molecule has 106 valence electrons. The summed E-state index contributed by atoms with van der Waals surface area (Å²) < 4.78 is 16.9. The quantitative estimate of drug-likeness (QED) is 0.908. The highest BCUT2D eigenvalue weighted by atomic mass is 16.5. The van der Waals surface area contributed by atoms with Crippen molar-refractivity contribution in [2.45, 2.75) is 38.3 Å². The Kier molecular flexibility index (Phi) is 4.32. The first-order chi connectivity index (χ1) is 9.02. The Hall–Kier alpha value is -1.26. The van der Waals surface area contributed by atoms with Crippen molar-refractivity contribution in [3.8, 4) is 11.5 Å².